The quantitative estimate of drug-likeness (QED) is 0.596. The zero-order valence-corrected chi connectivity index (χ0v) is 13.6. The number of imidazole rings is 1. The number of alkyl halides is 3. The van der Waals surface area contributed by atoms with E-state index in [0.29, 0.717) is 11.1 Å². The van der Waals surface area contributed by atoms with E-state index in [4.69, 9.17) is 11.6 Å². The lowest BCUT2D eigenvalue weighted by atomic mass is 10.1. The molecule has 2 aromatic heterocycles. The normalized spacial score (nSPS) is 14.4. The van der Waals surface area contributed by atoms with Gasteiger partial charge in [0.25, 0.3) is 0 Å². The summed E-state index contributed by atoms with van der Waals surface area (Å²) in [7, 11) is 0. The van der Waals surface area contributed by atoms with Crippen molar-refractivity contribution in [1.29, 1.82) is 0 Å². The maximum atomic E-state index is 12.0. The standard InChI is InChI=1S/C9H8ClN3.C8H7F3/c10-8-5-7(6-1-2-6)9-11-3-4-13(9)12-8;1-6-4-2-3-5-7(6)8(9,10)11/h3-6H,1-2H2;2-5H,1H3. The Hall–Kier alpha value is -2.08. The number of hydrogen-bond donors (Lipinski definition) is 0. The minimum absolute atomic E-state index is 0.264. The third-order valence-electron chi connectivity index (χ3n) is 3.83. The van der Waals surface area contributed by atoms with Crippen molar-refractivity contribution >= 4 is 17.2 Å². The molecule has 1 fully saturated rings. The summed E-state index contributed by atoms with van der Waals surface area (Å²) in [4.78, 5) is 4.26. The van der Waals surface area contributed by atoms with Crippen LogP contribution in [-0.2, 0) is 6.18 Å². The van der Waals surface area contributed by atoms with Crippen LogP contribution < -0.4 is 0 Å². The number of aromatic nitrogens is 3. The van der Waals surface area contributed by atoms with Crippen molar-refractivity contribution in [2.24, 2.45) is 0 Å². The molecule has 0 spiro atoms. The van der Waals surface area contributed by atoms with Crippen LogP contribution in [0.5, 0.6) is 0 Å². The maximum Gasteiger partial charge on any atom is 0.416 e. The third-order valence-corrected chi connectivity index (χ3v) is 4.01. The molecule has 0 unspecified atom stereocenters. The van der Waals surface area contributed by atoms with Crippen LogP contribution in [-0.4, -0.2) is 14.6 Å². The van der Waals surface area contributed by atoms with Gasteiger partial charge in [0, 0.05) is 18.0 Å². The van der Waals surface area contributed by atoms with Crippen molar-refractivity contribution in [3.05, 3.63) is 64.6 Å². The number of nitrogens with zero attached hydrogens (tertiary/aromatic N) is 3. The molecule has 7 heteroatoms. The molecule has 1 aliphatic rings. The summed E-state index contributed by atoms with van der Waals surface area (Å²) >= 11 is 5.89. The van der Waals surface area contributed by atoms with Gasteiger partial charge < -0.3 is 0 Å². The molecule has 0 amide bonds. The zero-order valence-electron chi connectivity index (χ0n) is 12.9. The molecule has 126 valence electrons. The van der Waals surface area contributed by atoms with Gasteiger partial charge in [-0.15, -0.1) is 0 Å². The number of rotatable bonds is 1. The van der Waals surface area contributed by atoms with Gasteiger partial charge in [-0.2, -0.15) is 18.3 Å². The Kier molecular flexibility index (Phi) is 4.49. The number of aryl methyl sites for hydroxylation is 1. The van der Waals surface area contributed by atoms with Crippen LogP contribution in [0.1, 0.15) is 35.4 Å². The fourth-order valence-electron chi connectivity index (χ4n) is 2.49. The molecule has 3 nitrogen and oxygen atoms in total. The molecular formula is C17H15ClF3N3. The summed E-state index contributed by atoms with van der Waals surface area (Å²) in [6, 6.07) is 7.43. The van der Waals surface area contributed by atoms with E-state index < -0.39 is 11.7 Å². The average molecular weight is 354 g/mol. The fraction of sp³-hybridized carbons (Fsp3) is 0.294. The Labute approximate surface area is 142 Å². The molecule has 0 saturated heterocycles. The molecule has 2 heterocycles. The van der Waals surface area contributed by atoms with Gasteiger partial charge in [0.15, 0.2) is 5.65 Å². The Bertz CT molecular complexity index is 854. The molecule has 24 heavy (non-hydrogen) atoms. The van der Waals surface area contributed by atoms with Crippen LogP contribution >= 0.6 is 11.6 Å². The lowest BCUT2D eigenvalue weighted by Crippen LogP contribution is -2.06. The minimum atomic E-state index is -4.22. The summed E-state index contributed by atoms with van der Waals surface area (Å²) in [5, 5.41) is 4.67. The molecule has 4 rings (SSSR count). The monoisotopic (exact) mass is 353 g/mol. The Morgan fingerprint density at radius 1 is 1.21 bits per heavy atom. The highest BCUT2D eigenvalue weighted by atomic mass is 35.5. The van der Waals surface area contributed by atoms with Crippen molar-refractivity contribution in [3.8, 4) is 0 Å². The molecule has 1 aromatic carbocycles. The minimum Gasteiger partial charge on any atom is -0.235 e. The van der Waals surface area contributed by atoms with Gasteiger partial charge in [-0.05, 0) is 43.4 Å². The Morgan fingerprint density at radius 2 is 1.92 bits per heavy atom. The topological polar surface area (TPSA) is 30.2 Å². The molecule has 1 aliphatic carbocycles. The predicted octanol–water partition coefficient (Wildman–Crippen LogP) is 5.27. The smallest absolute Gasteiger partial charge is 0.235 e. The molecule has 1 saturated carbocycles. The molecule has 0 bridgehead atoms. The third kappa shape index (κ3) is 3.70. The number of benzene rings is 1. The second-order valence-electron chi connectivity index (χ2n) is 5.70. The van der Waals surface area contributed by atoms with Crippen LogP contribution in [0.25, 0.3) is 5.65 Å². The van der Waals surface area contributed by atoms with E-state index in [-0.39, 0.29) is 5.56 Å². The maximum absolute atomic E-state index is 12.0. The van der Waals surface area contributed by atoms with Crippen molar-refractivity contribution in [1.82, 2.24) is 14.6 Å². The second kappa shape index (κ2) is 6.43. The van der Waals surface area contributed by atoms with Gasteiger partial charge in [-0.25, -0.2) is 9.50 Å². The van der Waals surface area contributed by atoms with Crippen molar-refractivity contribution < 1.29 is 13.2 Å². The van der Waals surface area contributed by atoms with Crippen molar-refractivity contribution in [3.63, 3.8) is 0 Å². The summed E-state index contributed by atoms with van der Waals surface area (Å²) in [6.45, 7) is 1.45. The van der Waals surface area contributed by atoms with Crippen LogP contribution in [0.2, 0.25) is 5.15 Å². The molecule has 0 aliphatic heterocycles. The molecule has 3 aromatic rings. The average Bonchev–Trinajstić information content (AvgIpc) is 3.25. The first kappa shape index (κ1) is 16.8. The van der Waals surface area contributed by atoms with Gasteiger partial charge in [0.05, 0.1) is 5.56 Å². The lowest BCUT2D eigenvalue weighted by molar-refractivity contribution is -0.138. The second-order valence-corrected chi connectivity index (χ2v) is 6.09. The van der Waals surface area contributed by atoms with Crippen LogP contribution in [0.3, 0.4) is 0 Å². The Morgan fingerprint density at radius 3 is 2.50 bits per heavy atom. The summed E-state index contributed by atoms with van der Waals surface area (Å²) in [5.41, 5.74) is 1.90. The first-order valence-corrected chi connectivity index (χ1v) is 7.86. The molecule has 0 N–H and O–H groups in total. The van der Waals surface area contributed by atoms with E-state index in [1.807, 2.05) is 12.3 Å². The van der Waals surface area contributed by atoms with Crippen molar-refractivity contribution in [2.75, 3.05) is 0 Å². The highest BCUT2D eigenvalue weighted by Crippen LogP contribution is 2.41. The van der Waals surface area contributed by atoms with Gasteiger partial charge in [-0.1, -0.05) is 29.8 Å². The first-order valence-electron chi connectivity index (χ1n) is 7.49. The zero-order chi connectivity index (χ0) is 17.3. The van der Waals surface area contributed by atoms with Gasteiger partial charge in [0.1, 0.15) is 5.15 Å². The summed E-state index contributed by atoms with van der Waals surface area (Å²) in [6.07, 6.45) is 1.87. The summed E-state index contributed by atoms with van der Waals surface area (Å²) in [5.74, 6) is 0.658. The van der Waals surface area contributed by atoms with E-state index in [1.54, 1.807) is 16.8 Å². The molecular weight excluding hydrogens is 339 g/mol. The lowest BCUT2D eigenvalue weighted by Gasteiger charge is -2.08. The van der Waals surface area contributed by atoms with E-state index in [0.717, 1.165) is 11.7 Å². The van der Waals surface area contributed by atoms with Crippen LogP contribution in [0.4, 0.5) is 13.2 Å². The van der Waals surface area contributed by atoms with Crippen molar-refractivity contribution in [2.45, 2.75) is 31.9 Å². The van der Waals surface area contributed by atoms with E-state index in [2.05, 4.69) is 10.1 Å². The molecule has 0 radical (unpaired) electrons. The van der Waals surface area contributed by atoms with Gasteiger partial charge in [0.2, 0.25) is 0 Å². The Balaban J connectivity index is 0.000000144. The van der Waals surface area contributed by atoms with E-state index in [1.165, 1.54) is 37.5 Å². The van der Waals surface area contributed by atoms with E-state index >= 15 is 0 Å². The number of fused-ring (bicyclic) bond motifs is 1. The first-order chi connectivity index (χ1) is 11.4. The predicted molar refractivity (Wildman–Crippen MR) is 86.2 cm³/mol. The molecule has 0 atom stereocenters. The highest BCUT2D eigenvalue weighted by molar-refractivity contribution is 6.29. The largest absolute Gasteiger partial charge is 0.416 e. The van der Waals surface area contributed by atoms with Gasteiger partial charge in [-0.3, -0.25) is 0 Å². The SMILES string of the molecule is Cc1ccccc1C(F)(F)F.Clc1cc(C2CC2)c2nccn2n1. The number of halogens is 4. The highest BCUT2D eigenvalue weighted by Gasteiger charge is 2.31. The summed E-state index contributed by atoms with van der Waals surface area (Å²) < 4.78 is 37.9. The fourth-order valence-corrected chi connectivity index (χ4v) is 2.69. The number of hydrogen-bond acceptors (Lipinski definition) is 2. The van der Waals surface area contributed by atoms with Crippen LogP contribution in [0.15, 0.2) is 42.7 Å². The van der Waals surface area contributed by atoms with E-state index in [9.17, 15) is 13.2 Å². The van der Waals surface area contributed by atoms with Crippen LogP contribution in [0, 0.1) is 6.92 Å². The van der Waals surface area contributed by atoms with Gasteiger partial charge >= 0.3 is 6.18 Å².